The van der Waals surface area contributed by atoms with Crippen LogP contribution in [-0.4, -0.2) is 0 Å². The molecule has 0 radical (unpaired) electrons. The van der Waals surface area contributed by atoms with Gasteiger partial charge in [0.1, 0.15) is 0 Å². The van der Waals surface area contributed by atoms with Crippen molar-refractivity contribution in [3.05, 3.63) is 34.9 Å². The minimum Gasteiger partial charge on any atom is -0.0975 e. The summed E-state index contributed by atoms with van der Waals surface area (Å²) in [6.45, 7) is 5.33. The Hall–Kier alpha value is -0.200. The Bertz CT molecular complexity index is 154. The summed E-state index contributed by atoms with van der Waals surface area (Å²) in [5.41, 5.74) is 0. The maximum Gasteiger partial charge on any atom is 0.0588 e. The molecule has 0 nitrogen and oxygen atoms in total. The first-order valence-electron chi connectivity index (χ1n) is 2.52. The van der Waals surface area contributed by atoms with Crippen molar-refractivity contribution in [1.29, 1.82) is 0 Å². The summed E-state index contributed by atoms with van der Waals surface area (Å²) in [4.78, 5) is 0. The van der Waals surface area contributed by atoms with Gasteiger partial charge < -0.3 is 0 Å². The molecular formula is C7H8Cl2. The molecule has 0 rings (SSSR count). The van der Waals surface area contributed by atoms with Crippen molar-refractivity contribution in [3.63, 3.8) is 0 Å². The fourth-order valence-corrected chi connectivity index (χ4v) is 0.590. The van der Waals surface area contributed by atoms with E-state index in [1.54, 1.807) is 6.08 Å². The number of halogens is 2. The van der Waals surface area contributed by atoms with Crippen LogP contribution in [0.15, 0.2) is 34.9 Å². The van der Waals surface area contributed by atoms with E-state index in [0.717, 1.165) is 0 Å². The molecule has 0 amide bonds. The first-order chi connectivity index (χ1) is 4.22. The van der Waals surface area contributed by atoms with Crippen molar-refractivity contribution < 1.29 is 0 Å². The molecule has 0 N–H and O–H groups in total. The quantitative estimate of drug-likeness (QED) is 0.547. The Morgan fingerprint density at radius 1 is 1.33 bits per heavy atom. The van der Waals surface area contributed by atoms with Gasteiger partial charge in [-0.05, 0) is 19.1 Å². The number of allylic oxidation sites excluding steroid dienone is 5. The van der Waals surface area contributed by atoms with E-state index in [1.165, 1.54) is 6.08 Å². The molecule has 0 heterocycles. The predicted octanol–water partition coefficient (Wildman–Crippen LogP) is 3.44. The summed E-state index contributed by atoms with van der Waals surface area (Å²) in [6.07, 6.45) is 5.03. The van der Waals surface area contributed by atoms with Gasteiger partial charge in [-0.25, -0.2) is 0 Å². The maximum absolute atomic E-state index is 5.62. The molecule has 0 atom stereocenters. The van der Waals surface area contributed by atoms with E-state index in [1.807, 2.05) is 13.0 Å². The average molecular weight is 163 g/mol. The Morgan fingerprint density at radius 3 is 2.22 bits per heavy atom. The van der Waals surface area contributed by atoms with E-state index in [9.17, 15) is 0 Å². The zero-order valence-electron chi connectivity index (χ0n) is 5.20. The van der Waals surface area contributed by atoms with Crippen molar-refractivity contribution >= 4 is 23.2 Å². The van der Waals surface area contributed by atoms with Gasteiger partial charge in [-0.1, -0.05) is 35.9 Å². The van der Waals surface area contributed by atoms with Gasteiger partial charge in [0.2, 0.25) is 0 Å². The second kappa shape index (κ2) is 4.66. The molecule has 0 aromatic heterocycles. The van der Waals surface area contributed by atoms with E-state index >= 15 is 0 Å². The highest BCUT2D eigenvalue weighted by Crippen LogP contribution is 2.15. The molecule has 0 saturated carbocycles. The largest absolute Gasteiger partial charge is 0.0975 e. The molecule has 0 fully saturated rings. The highest BCUT2D eigenvalue weighted by Gasteiger charge is 1.89. The van der Waals surface area contributed by atoms with E-state index < -0.39 is 0 Å². The molecule has 50 valence electrons. The van der Waals surface area contributed by atoms with Crippen LogP contribution in [0.4, 0.5) is 0 Å². The minimum atomic E-state index is 0.481. The fraction of sp³-hybridized carbons (Fsp3) is 0.143. The molecule has 2 heteroatoms. The molecule has 0 aromatic rings. The minimum absolute atomic E-state index is 0.481. The standard InChI is InChI=1S/C7H8Cl2/c1-3-5-7(9)6(8)4-2/h3-5H,2H2,1H3/b5-3-,7-6-. The lowest BCUT2D eigenvalue weighted by molar-refractivity contribution is 1.69. The summed E-state index contributed by atoms with van der Waals surface area (Å²) in [7, 11) is 0. The van der Waals surface area contributed by atoms with Gasteiger partial charge in [0.25, 0.3) is 0 Å². The van der Waals surface area contributed by atoms with Crippen molar-refractivity contribution in [2.45, 2.75) is 6.92 Å². The number of rotatable bonds is 2. The highest BCUT2D eigenvalue weighted by atomic mass is 35.5. The summed E-state index contributed by atoms with van der Waals surface area (Å²) >= 11 is 11.2. The first-order valence-corrected chi connectivity index (χ1v) is 3.28. The highest BCUT2D eigenvalue weighted by molar-refractivity contribution is 6.41. The lowest BCUT2D eigenvalue weighted by atomic mass is 10.4. The molecular weight excluding hydrogens is 155 g/mol. The van der Waals surface area contributed by atoms with Crippen molar-refractivity contribution in [2.24, 2.45) is 0 Å². The summed E-state index contributed by atoms with van der Waals surface area (Å²) in [5, 5.41) is 1.00. The van der Waals surface area contributed by atoms with E-state index in [2.05, 4.69) is 6.58 Å². The Labute approximate surface area is 65.5 Å². The Balaban J connectivity index is 4.27. The van der Waals surface area contributed by atoms with Gasteiger partial charge in [-0.15, -0.1) is 0 Å². The number of hydrogen-bond donors (Lipinski definition) is 0. The van der Waals surface area contributed by atoms with Crippen LogP contribution in [0.3, 0.4) is 0 Å². The normalized spacial score (nSPS) is 13.7. The summed E-state index contributed by atoms with van der Waals surface area (Å²) in [5.74, 6) is 0. The van der Waals surface area contributed by atoms with Crippen molar-refractivity contribution in [1.82, 2.24) is 0 Å². The Kier molecular flexibility index (Phi) is 4.55. The van der Waals surface area contributed by atoms with E-state index in [-0.39, 0.29) is 0 Å². The van der Waals surface area contributed by atoms with E-state index in [4.69, 9.17) is 23.2 Å². The van der Waals surface area contributed by atoms with Crippen LogP contribution in [0, 0.1) is 0 Å². The molecule has 0 aliphatic heterocycles. The molecule has 0 aromatic carbocycles. The smallest absolute Gasteiger partial charge is 0.0588 e. The van der Waals surface area contributed by atoms with Crippen LogP contribution in [0.2, 0.25) is 0 Å². The van der Waals surface area contributed by atoms with Gasteiger partial charge in [0.05, 0.1) is 10.1 Å². The number of hydrogen-bond acceptors (Lipinski definition) is 0. The van der Waals surface area contributed by atoms with Crippen LogP contribution >= 0.6 is 23.2 Å². The second-order valence-electron chi connectivity index (χ2n) is 1.40. The van der Waals surface area contributed by atoms with Crippen LogP contribution in [-0.2, 0) is 0 Å². The third kappa shape index (κ3) is 3.39. The summed E-state index contributed by atoms with van der Waals surface area (Å²) < 4.78 is 0. The van der Waals surface area contributed by atoms with Gasteiger partial charge in [-0.3, -0.25) is 0 Å². The van der Waals surface area contributed by atoms with Crippen molar-refractivity contribution in [2.75, 3.05) is 0 Å². The fourth-order valence-electron chi connectivity index (χ4n) is 0.323. The van der Waals surface area contributed by atoms with Gasteiger partial charge in [-0.2, -0.15) is 0 Å². The van der Waals surface area contributed by atoms with Gasteiger partial charge in [0, 0.05) is 0 Å². The zero-order chi connectivity index (χ0) is 7.28. The average Bonchev–Trinajstić information content (AvgIpc) is 1.87. The molecule has 0 saturated heterocycles. The third-order valence-corrected chi connectivity index (χ3v) is 1.50. The maximum atomic E-state index is 5.62. The lowest BCUT2D eigenvalue weighted by Gasteiger charge is -1.88. The van der Waals surface area contributed by atoms with Gasteiger partial charge >= 0.3 is 0 Å². The molecule has 0 unspecified atom stereocenters. The van der Waals surface area contributed by atoms with Crippen LogP contribution < -0.4 is 0 Å². The first kappa shape index (κ1) is 8.80. The van der Waals surface area contributed by atoms with Crippen LogP contribution in [0.25, 0.3) is 0 Å². The van der Waals surface area contributed by atoms with E-state index in [0.29, 0.717) is 10.1 Å². The molecule has 0 aliphatic carbocycles. The van der Waals surface area contributed by atoms with Crippen LogP contribution in [0.1, 0.15) is 6.92 Å². The molecule has 0 spiro atoms. The zero-order valence-corrected chi connectivity index (χ0v) is 6.71. The lowest BCUT2D eigenvalue weighted by Crippen LogP contribution is -1.66. The topological polar surface area (TPSA) is 0 Å². The monoisotopic (exact) mass is 162 g/mol. The van der Waals surface area contributed by atoms with Gasteiger partial charge in [0.15, 0.2) is 0 Å². The molecule has 0 bridgehead atoms. The molecule has 0 aliphatic rings. The Morgan fingerprint density at radius 2 is 1.89 bits per heavy atom. The van der Waals surface area contributed by atoms with Crippen molar-refractivity contribution in [3.8, 4) is 0 Å². The SMILES string of the molecule is C=C/C(Cl)=C(Cl)\C=C/C. The van der Waals surface area contributed by atoms with Crippen LogP contribution in [0.5, 0.6) is 0 Å². The third-order valence-electron chi connectivity index (χ3n) is 0.720. The predicted molar refractivity (Wildman–Crippen MR) is 43.7 cm³/mol. The second-order valence-corrected chi connectivity index (χ2v) is 2.21. The molecule has 9 heavy (non-hydrogen) atoms. The summed E-state index contributed by atoms with van der Waals surface area (Å²) in [6, 6.07) is 0.